The van der Waals surface area contributed by atoms with Gasteiger partial charge in [0, 0.05) is 22.9 Å². The molecule has 0 N–H and O–H groups in total. The second-order valence-corrected chi connectivity index (χ2v) is 5.06. The third-order valence-electron chi connectivity index (χ3n) is 2.27. The number of aromatic nitrogens is 2. The zero-order chi connectivity index (χ0) is 12.1. The van der Waals surface area contributed by atoms with E-state index < -0.39 is 0 Å². The molecule has 17 heavy (non-hydrogen) atoms. The molecule has 0 saturated carbocycles. The maximum absolute atomic E-state index is 5.68. The highest BCUT2D eigenvalue weighted by Gasteiger charge is 1.99. The fourth-order valence-corrected chi connectivity index (χ4v) is 2.40. The number of benzene rings is 1. The molecule has 2 nitrogen and oxygen atoms in total. The van der Waals surface area contributed by atoms with Gasteiger partial charge in [-0.3, -0.25) is 0 Å². The van der Waals surface area contributed by atoms with Gasteiger partial charge in [0.05, 0.1) is 11.6 Å². The molecule has 0 radical (unpaired) electrons. The molecular formula is C13H13ClN2S. The first-order valence-electron chi connectivity index (χ1n) is 5.33. The summed E-state index contributed by atoms with van der Waals surface area (Å²) in [6, 6.07) is 8.42. The van der Waals surface area contributed by atoms with Crippen LogP contribution in [-0.2, 0) is 11.6 Å². The lowest BCUT2D eigenvalue weighted by molar-refractivity contribution is 1.01. The van der Waals surface area contributed by atoms with Gasteiger partial charge in [-0.15, -0.1) is 23.4 Å². The molecule has 0 fully saturated rings. The molecule has 0 unspecified atom stereocenters. The second-order valence-electron chi connectivity index (χ2n) is 3.75. The van der Waals surface area contributed by atoms with E-state index in [0.717, 1.165) is 17.1 Å². The third kappa shape index (κ3) is 3.72. The highest BCUT2D eigenvalue weighted by Crippen LogP contribution is 2.21. The van der Waals surface area contributed by atoms with Crippen LogP contribution in [0.1, 0.15) is 17.0 Å². The summed E-state index contributed by atoms with van der Waals surface area (Å²) in [5.41, 5.74) is 2.23. The second kappa shape index (κ2) is 6.03. The van der Waals surface area contributed by atoms with Crippen LogP contribution in [0.15, 0.2) is 41.6 Å². The van der Waals surface area contributed by atoms with Gasteiger partial charge in [-0.2, -0.15) is 0 Å². The summed E-state index contributed by atoms with van der Waals surface area (Å²) in [6.07, 6.45) is 3.57. The zero-order valence-electron chi connectivity index (χ0n) is 9.56. The average Bonchev–Trinajstić information content (AvgIpc) is 2.37. The minimum Gasteiger partial charge on any atom is -0.240 e. The van der Waals surface area contributed by atoms with Gasteiger partial charge in [-0.1, -0.05) is 17.7 Å². The van der Waals surface area contributed by atoms with E-state index in [2.05, 4.69) is 41.2 Å². The third-order valence-corrected chi connectivity index (χ3v) is 3.57. The molecule has 0 amide bonds. The van der Waals surface area contributed by atoms with Gasteiger partial charge >= 0.3 is 0 Å². The molecule has 0 aliphatic carbocycles. The smallest absolute Gasteiger partial charge is 0.138 e. The van der Waals surface area contributed by atoms with E-state index in [0.29, 0.717) is 5.88 Å². The van der Waals surface area contributed by atoms with Crippen molar-refractivity contribution in [3.63, 3.8) is 0 Å². The molecule has 0 atom stereocenters. The monoisotopic (exact) mass is 264 g/mol. The molecule has 0 aliphatic heterocycles. The number of nitrogens with zero attached hydrogens (tertiary/aromatic N) is 2. The Morgan fingerprint density at radius 1 is 1.24 bits per heavy atom. The van der Waals surface area contributed by atoms with Crippen molar-refractivity contribution in [3.8, 4) is 0 Å². The SMILES string of the molecule is Cc1cccc(SCc2ncc(CCl)cn2)c1. The van der Waals surface area contributed by atoms with Crippen LogP contribution >= 0.6 is 23.4 Å². The Bertz CT molecular complexity index is 485. The Labute approximate surface area is 110 Å². The first-order valence-corrected chi connectivity index (χ1v) is 6.85. The Kier molecular flexibility index (Phi) is 4.40. The number of thioether (sulfide) groups is 1. The van der Waals surface area contributed by atoms with Crippen molar-refractivity contribution in [2.45, 2.75) is 23.5 Å². The van der Waals surface area contributed by atoms with Crippen LogP contribution in [0.5, 0.6) is 0 Å². The number of hydrogen-bond donors (Lipinski definition) is 0. The number of alkyl halides is 1. The molecule has 1 aromatic carbocycles. The molecular weight excluding hydrogens is 252 g/mol. The highest BCUT2D eigenvalue weighted by atomic mass is 35.5. The molecule has 1 aromatic heterocycles. The van der Waals surface area contributed by atoms with Crippen molar-refractivity contribution in [1.82, 2.24) is 9.97 Å². The van der Waals surface area contributed by atoms with Crippen LogP contribution in [0.2, 0.25) is 0 Å². The van der Waals surface area contributed by atoms with Gasteiger partial charge in [-0.25, -0.2) is 9.97 Å². The predicted octanol–water partition coefficient (Wildman–Crippen LogP) is 3.82. The molecule has 0 bridgehead atoms. The molecule has 4 heteroatoms. The van der Waals surface area contributed by atoms with Gasteiger partial charge < -0.3 is 0 Å². The predicted molar refractivity (Wildman–Crippen MR) is 72.3 cm³/mol. The maximum atomic E-state index is 5.68. The summed E-state index contributed by atoms with van der Waals surface area (Å²) < 4.78 is 0. The minimum atomic E-state index is 0.464. The van der Waals surface area contributed by atoms with Gasteiger partial charge in [0.2, 0.25) is 0 Å². The van der Waals surface area contributed by atoms with E-state index >= 15 is 0 Å². The van der Waals surface area contributed by atoms with E-state index in [9.17, 15) is 0 Å². The van der Waals surface area contributed by atoms with Crippen molar-refractivity contribution in [2.24, 2.45) is 0 Å². The van der Waals surface area contributed by atoms with Crippen molar-refractivity contribution >= 4 is 23.4 Å². The summed E-state index contributed by atoms with van der Waals surface area (Å²) in [5.74, 6) is 2.09. The minimum absolute atomic E-state index is 0.464. The van der Waals surface area contributed by atoms with Crippen LogP contribution in [0.4, 0.5) is 0 Å². The molecule has 1 heterocycles. The molecule has 0 saturated heterocycles. The summed E-state index contributed by atoms with van der Waals surface area (Å²) in [4.78, 5) is 9.79. The van der Waals surface area contributed by atoms with Crippen molar-refractivity contribution in [2.75, 3.05) is 0 Å². The van der Waals surface area contributed by atoms with Gasteiger partial charge in [-0.05, 0) is 19.1 Å². The van der Waals surface area contributed by atoms with Crippen LogP contribution in [0, 0.1) is 6.92 Å². The quantitative estimate of drug-likeness (QED) is 0.620. The van der Waals surface area contributed by atoms with E-state index in [-0.39, 0.29) is 0 Å². The first kappa shape index (κ1) is 12.4. The van der Waals surface area contributed by atoms with Gasteiger partial charge in [0.15, 0.2) is 0 Å². The Balaban J connectivity index is 1.97. The van der Waals surface area contributed by atoms with Crippen molar-refractivity contribution in [1.29, 1.82) is 0 Å². The highest BCUT2D eigenvalue weighted by molar-refractivity contribution is 7.98. The number of hydrogen-bond acceptors (Lipinski definition) is 3. The topological polar surface area (TPSA) is 25.8 Å². The summed E-state index contributed by atoms with van der Waals surface area (Å²) >= 11 is 7.43. The lowest BCUT2D eigenvalue weighted by atomic mass is 10.2. The molecule has 88 valence electrons. The fourth-order valence-electron chi connectivity index (χ4n) is 1.38. The van der Waals surface area contributed by atoms with E-state index in [4.69, 9.17) is 11.6 Å². The van der Waals surface area contributed by atoms with Crippen LogP contribution in [-0.4, -0.2) is 9.97 Å². The van der Waals surface area contributed by atoms with E-state index in [1.165, 1.54) is 10.5 Å². The zero-order valence-corrected chi connectivity index (χ0v) is 11.1. The summed E-state index contributed by atoms with van der Waals surface area (Å²) in [5, 5.41) is 0. The number of rotatable bonds is 4. The fraction of sp³-hybridized carbons (Fsp3) is 0.231. The standard InChI is InChI=1S/C13H13ClN2S/c1-10-3-2-4-12(5-10)17-9-13-15-7-11(6-14)8-16-13/h2-5,7-8H,6,9H2,1H3. The summed E-state index contributed by atoms with van der Waals surface area (Å²) in [6.45, 7) is 2.09. The molecule has 2 rings (SSSR count). The molecule has 2 aromatic rings. The van der Waals surface area contributed by atoms with Gasteiger partial charge in [0.1, 0.15) is 5.82 Å². The molecule has 0 spiro atoms. The molecule has 0 aliphatic rings. The Hall–Kier alpha value is -1.06. The maximum Gasteiger partial charge on any atom is 0.138 e. The lowest BCUT2D eigenvalue weighted by Crippen LogP contribution is -1.93. The van der Waals surface area contributed by atoms with E-state index in [1.54, 1.807) is 24.2 Å². The number of aryl methyl sites for hydroxylation is 1. The number of halogens is 1. The summed E-state index contributed by atoms with van der Waals surface area (Å²) in [7, 11) is 0. The Morgan fingerprint density at radius 3 is 2.65 bits per heavy atom. The van der Waals surface area contributed by atoms with E-state index in [1.807, 2.05) is 0 Å². The van der Waals surface area contributed by atoms with Crippen LogP contribution in [0.3, 0.4) is 0 Å². The largest absolute Gasteiger partial charge is 0.240 e. The normalized spacial score (nSPS) is 10.5. The van der Waals surface area contributed by atoms with Crippen LogP contribution < -0.4 is 0 Å². The van der Waals surface area contributed by atoms with Crippen molar-refractivity contribution in [3.05, 3.63) is 53.6 Å². The average molecular weight is 265 g/mol. The first-order chi connectivity index (χ1) is 8.28. The van der Waals surface area contributed by atoms with Crippen LogP contribution in [0.25, 0.3) is 0 Å². The van der Waals surface area contributed by atoms with Gasteiger partial charge in [0.25, 0.3) is 0 Å². The lowest BCUT2D eigenvalue weighted by Gasteiger charge is -2.02. The Morgan fingerprint density at radius 2 is 2.00 bits per heavy atom. The van der Waals surface area contributed by atoms with Crippen molar-refractivity contribution < 1.29 is 0 Å².